The number of halogens is 6. The van der Waals surface area contributed by atoms with Crippen LogP contribution in [-0.4, -0.2) is 43.3 Å². The van der Waals surface area contributed by atoms with E-state index in [1.807, 2.05) is 0 Å². The molecule has 0 heterocycles. The number of nitrogens with zero attached hydrogens (tertiary/aromatic N) is 1. The SMILES string of the molecule is CN(CC(C)(C)CN)C(=O)C(C(F)(F)F)C(F)(F)F. The Kier molecular flexibility index (Phi) is 5.27. The molecule has 0 aromatic carbocycles. The molecule has 0 aromatic heterocycles. The van der Waals surface area contributed by atoms with Gasteiger partial charge in [0.1, 0.15) is 0 Å². The minimum absolute atomic E-state index is 0.0212. The molecule has 0 aliphatic heterocycles. The van der Waals surface area contributed by atoms with Crippen LogP contribution < -0.4 is 5.73 Å². The summed E-state index contributed by atoms with van der Waals surface area (Å²) in [4.78, 5) is 11.8. The van der Waals surface area contributed by atoms with Crippen LogP contribution in [0.3, 0.4) is 0 Å². The molecule has 19 heavy (non-hydrogen) atoms. The number of hydrogen-bond donors (Lipinski definition) is 1. The van der Waals surface area contributed by atoms with Crippen molar-refractivity contribution in [1.29, 1.82) is 0 Å². The maximum atomic E-state index is 12.3. The van der Waals surface area contributed by atoms with Crippen molar-refractivity contribution in [3.63, 3.8) is 0 Å². The van der Waals surface area contributed by atoms with Gasteiger partial charge in [0.15, 0.2) is 0 Å². The highest BCUT2D eigenvalue weighted by Crippen LogP contribution is 2.40. The molecule has 0 aromatic rings. The average Bonchev–Trinajstić information content (AvgIpc) is 2.12. The van der Waals surface area contributed by atoms with E-state index in [-0.39, 0.29) is 13.1 Å². The van der Waals surface area contributed by atoms with Crippen LogP contribution in [0, 0.1) is 11.3 Å². The van der Waals surface area contributed by atoms with Gasteiger partial charge in [0.25, 0.3) is 0 Å². The van der Waals surface area contributed by atoms with Crippen LogP contribution in [0.4, 0.5) is 26.3 Å². The zero-order chi connectivity index (χ0) is 15.6. The van der Waals surface area contributed by atoms with E-state index in [9.17, 15) is 31.1 Å². The first-order valence-electron chi connectivity index (χ1n) is 5.31. The number of carbonyl (C=O) groups excluding carboxylic acids is 1. The van der Waals surface area contributed by atoms with E-state index in [2.05, 4.69) is 0 Å². The molecule has 0 saturated heterocycles. The fraction of sp³-hybridized carbons (Fsp3) is 0.900. The maximum Gasteiger partial charge on any atom is 0.409 e. The molecule has 3 nitrogen and oxygen atoms in total. The third kappa shape index (κ3) is 5.25. The van der Waals surface area contributed by atoms with Crippen molar-refractivity contribution >= 4 is 5.91 Å². The molecule has 0 radical (unpaired) electrons. The first-order chi connectivity index (χ1) is 8.22. The quantitative estimate of drug-likeness (QED) is 0.808. The Morgan fingerprint density at radius 2 is 1.47 bits per heavy atom. The molecule has 0 aliphatic carbocycles. The Labute approximate surface area is 106 Å². The monoisotopic (exact) mass is 294 g/mol. The fourth-order valence-electron chi connectivity index (χ4n) is 1.47. The topological polar surface area (TPSA) is 46.3 Å². The molecule has 0 unspecified atom stereocenters. The van der Waals surface area contributed by atoms with Gasteiger partial charge in [0.2, 0.25) is 11.8 Å². The van der Waals surface area contributed by atoms with Crippen molar-refractivity contribution in [2.45, 2.75) is 26.2 Å². The number of amides is 1. The second kappa shape index (κ2) is 5.56. The molecule has 9 heteroatoms. The van der Waals surface area contributed by atoms with Gasteiger partial charge in [-0.05, 0) is 12.0 Å². The normalized spacial score (nSPS) is 13.8. The maximum absolute atomic E-state index is 12.3. The van der Waals surface area contributed by atoms with Gasteiger partial charge in [-0.3, -0.25) is 4.79 Å². The fourth-order valence-corrected chi connectivity index (χ4v) is 1.47. The van der Waals surface area contributed by atoms with Gasteiger partial charge in [0.05, 0.1) is 0 Å². The third-order valence-electron chi connectivity index (χ3n) is 2.50. The smallest absolute Gasteiger partial charge is 0.344 e. The van der Waals surface area contributed by atoms with Crippen molar-refractivity contribution in [3.8, 4) is 0 Å². The lowest BCUT2D eigenvalue weighted by Gasteiger charge is -2.32. The predicted molar refractivity (Wildman–Crippen MR) is 56.1 cm³/mol. The summed E-state index contributed by atoms with van der Waals surface area (Å²) in [7, 11) is 0.893. The molecule has 114 valence electrons. The van der Waals surface area contributed by atoms with Crippen molar-refractivity contribution in [2.24, 2.45) is 17.1 Å². The van der Waals surface area contributed by atoms with Crippen molar-refractivity contribution in [1.82, 2.24) is 4.90 Å². The van der Waals surface area contributed by atoms with Gasteiger partial charge < -0.3 is 10.6 Å². The molecule has 0 saturated carbocycles. The Morgan fingerprint density at radius 3 is 1.74 bits per heavy atom. The van der Waals surface area contributed by atoms with E-state index in [1.54, 1.807) is 0 Å². The molecule has 0 bridgehead atoms. The number of rotatable bonds is 4. The molecule has 1 amide bonds. The third-order valence-corrected chi connectivity index (χ3v) is 2.50. The molecule has 0 rings (SSSR count). The standard InChI is InChI=1S/C10H16F6N2O/c1-8(2,4-17)5-18(3)7(19)6(9(11,12)13)10(14,15)16/h6H,4-5,17H2,1-3H3. The van der Waals surface area contributed by atoms with Crippen molar-refractivity contribution in [2.75, 3.05) is 20.1 Å². The minimum Gasteiger partial charge on any atom is -0.344 e. The summed E-state index contributed by atoms with van der Waals surface area (Å²) in [5, 5.41) is 0. The lowest BCUT2D eigenvalue weighted by atomic mass is 9.92. The molecule has 0 aliphatic rings. The van der Waals surface area contributed by atoms with Gasteiger partial charge in [-0.25, -0.2) is 0 Å². The molecule has 0 spiro atoms. The Morgan fingerprint density at radius 1 is 1.11 bits per heavy atom. The highest BCUT2D eigenvalue weighted by atomic mass is 19.4. The van der Waals surface area contributed by atoms with Crippen LogP contribution in [0.2, 0.25) is 0 Å². The van der Waals surface area contributed by atoms with Gasteiger partial charge >= 0.3 is 12.4 Å². The zero-order valence-electron chi connectivity index (χ0n) is 10.7. The Hall–Kier alpha value is -0.990. The highest BCUT2D eigenvalue weighted by molar-refractivity contribution is 5.80. The largest absolute Gasteiger partial charge is 0.409 e. The first kappa shape index (κ1) is 18.0. The van der Waals surface area contributed by atoms with Crippen LogP contribution >= 0.6 is 0 Å². The number of hydrogen-bond acceptors (Lipinski definition) is 2. The van der Waals surface area contributed by atoms with E-state index < -0.39 is 29.6 Å². The average molecular weight is 294 g/mol. The van der Waals surface area contributed by atoms with E-state index in [0.29, 0.717) is 4.90 Å². The second-order valence-corrected chi connectivity index (χ2v) is 5.08. The van der Waals surface area contributed by atoms with Crippen LogP contribution in [0.15, 0.2) is 0 Å². The Bertz CT molecular complexity index is 309. The first-order valence-corrected chi connectivity index (χ1v) is 5.31. The predicted octanol–water partition coefficient (Wildman–Crippen LogP) is 2.17. The summed E-state index contributed by atoms with van der Waals surface area (Å²) in [6, 6.07) is 0. The summed E-state index contributed by atoms with van der Waals surface area (Å²) in [5.74, 6) is -6.03. The molecular weight excluding hydrogens is 278 g/mol. The molecular formula is C10H16F6N2O. The van der Waals surface area contributed by atoms with Crippen molar-refractivity contribution < 1.29 is 31.1 Å². The summed E-state index contributed by atoms with van der Waals surface area (Å²) in [6.07, 6.45) is -11.3. The van der Waals surface area contributed by atoms with Crippen LogP contribution in [0.5, 0.6) is 0 Å². The van der Waals surface area contributed by atoms with Crippen LogP contribution in [0.25, 0.3) is 0 Å². The highest BCUT2D eigenvalue weighted by Gasteiger charge is 2.61. The minimum atomic E-state index is -5.67. The number of carbonyl (C=O) groups is 1. The van der Waals surface area contributed by atoms with Crippen LogP contribution in [-0.2, 0) is 4.79 Å². The lowest BCUT2D eigenvalue weighted by molar-refractivity contribution is -0.277. The summed E-state index contributed by atoms with van der Waals surface area (Å²) in [5.41, 5.74) is 4.55. The van der Waals surface area contributed by atoms with Crippen LogP contribution in [0.1, 0.15) is 13.8 Å². The van der Waals surface area contributed by atoms with E-state index in [4.69, 9.17) is 5.73 Å². The summed E-state index contributed by atoms with van der Waals surface area (Å²) < 4.78 is 74.1. The van der Waals surface area contributed by atoms with Gasteiger partial charge in [-0.15, -0.1) is 0 Å². The summed E-state index contributed by atoms with van der Waals surface area (Å²) >= 11 is 0. The van der Waals surface area contributed by atoms with E-state index in [0.717, 1.165) is 7.05 Å². The molecule has 0 atom stereocenters. The van der Waals surface area contributed by atoms with Gasteiger partial charge in [-0.2, -0.15) is 26.3 Å². The second-order valence-electron chi connectivity index (χ2n) is 5.08. The van der Waals surface area contributed by atoms with E-state index in [1.165, 1.54) is 13.8 Å². The van der Waals surface area contributed by atoms with E-state index >= 15 is 0 Å². The van der Waals surface area contributed by atoms with Gasteiger partial charge in [-0.1, -0.05) is 13.8 Å². The lowest BCUT2D eigenvalue weighted by Crippen LogP contribution is -2.50. The zero-order valence-corrected chi connectivity index (χ0v) is 10.7. The van der Waals surface area contributed by atoms with Crippen molar-refractivity contribution in [3.05, 3.63) is 0 Å². The molecule has 2 N–H and O–H groups in total. The van der Waals surface area contributed by atoms with Gasteiger partial charge in [0, 0.05) is 13.6 Å². The Balaban J connectivity index is 5.14. The molecule has 0 fully saturated rings. The summed E-state index contributed by atoms with van der Waals surface area (Å²) in [6.45, 7) is 2.79. The number of alkyl halides is 6. The number of nitrogens with two attached hydrogens (primary N) is 1.